The lowest BCUT2D eigenvalue weighted by atomic mass is 10.2. The standard InChI is InChI=1S/C18H17N5OS/c24-18-22-11-4-3-9-16(22)20-23(18)12-21-10-5-7-14(21)17-19-13-6-1-2-8-15(13)25-17/h1-4,6,8-9,11,14H,5,7,10,12H2. The summed E-state index contributed by atoms with van der Waals surface area (Å²) >= 11 is 1.75. The Balaban J connectivity index is 1.48. The molecule has 0 spiro atoms. The van der Waals surface area contributed by atoms with Gasteiger partial charge in [-0.3, -0.25) is 9.30 Å². The molecule has 0 N–H and O–H groups in total. The summed E-state index contributed by atoms with van der Waals surface area (Å²) in [6.45, 7) is 1.46. The number of para-hydroxylation sites is 1. The largest absolute Gasteiger partial charge is 0.351 e. The van der Waals surface area contributed by atoms with Gasteiger partial charge < -0.3 is 0 Å². The molecule has 4 heterocycles. The number of nitrogens with zero attached hydrogens (tertiary/aromatic N) is 5. The van der Waals surface area contributed by atoms with E-state index in [0.717, 1.165) is 29.9 Å². The highest BCUT2D eigenvalue weighted by Gasteiger charge is 2.29. The van der Waals surface area contributed by atoms with Crippen molar-refractivity contribution < 1.29 is 0 Å². The molecule has 6 nitrogen and oxygen atoms in total. The fraction of sp³-hybridized carbons (Fsp3) is 0.278. The fourth-order valence-electron chi connectivity index (χ4n) is 3.54. The molecule has 7 heteroatoms. The Bertz CT molecular complexity index is 1080. The molecule has 1 saturated heterocycles. The van der Waals surface area contributed by atoms with Crippen LogP contribution in [0.15, 0.2) is 53.5 Å². The van der Waals surface area contributed by atoms with E-state index in [-0.39, 0.29) is 11.7 Å². The molecule has 4 aromatic rings. The molecule has 3 aromatic heterocycles. The first-order chi connectivity index (χ1) is 12.3. The zero-order valence-electron chi connectivity index (χ0n) is 13.6. The fourth-order valence-corrected chi connectivity index (χ4v) is 4.68. The summed E-state index contributed by atoms with van der Waals surface area (Å²) in [5.74, 6) is 0. The van der Waals surface area contributed by atoms with Crippen LogP contribution in [0.5, 0.6) is 0 Å². The van der Waals surface area contributed by atoms with Gasteiger partial charge in [0.15, 0.2) is 5.65 Å². The highest BCUT2D eigenvalue weighted by Crippen LogP contribution is 2.36. The first kappa shape index (κ1) is 14.8. The monoisotopic (exact) mass is 351 g/mol. The SMILES string of the molecule is O=c1n(CN2CCCC2c2nc3ccccc3s2)nc2ccccn12. The van der Waals surface area contributed by atoms with Gasteiger partial charge in [-0.1, -0.05) is 18.2 Å². The first-order valence-corrected chi connectivity index (χ1v) is 9.25. The minimum absolute atomic E-state index is 0.0921. The van der Waals surface area contributed by atoms with Gasteiger partial charge in [0.25, 0.3) is 0 Å². The Labute approximate surface area is 148 Å². The Morgan fingerprint density at radius 2 is 2.04 bits per heavy atom. The number of rotatable bonds is 3. The third-order valence-corrected chi connectivity index (χ3v) is 5.90. The van der Waals surface area contributed by atoms with Gasteiger partial charge in [0.1, 0.15) is 5.01 Å². The lowest BCUT2D eigenvalue weighted by Crippen LogP contribution is -2.32. The van der Waals surface area contributed by atoms with E-state index < -0.39 is 0 Å². The Hall–Kier alpha value is -2.51. The lowest BCUT2D eigenvalue weighted by Gasteiger charge is -2.21. The molecule has 1 aliphatic rings. The lowest BCUT2D eigenvalue weighted by molar-refractivity contribution is 0.188. The van der Waals surface area contributed by atoms with Crippen LogP contribution in [0.2, 0.25) is 0 Å². The van der Waals surface area contributed by atoms with Crippen molar-refractivity contribution in [3.8, 4) is 0 Å². The quantitative estimate of drug-likeness (QED) is 0.569. The van der Waals surface area contributed by atoms with Crippen LogP contribution in [-0.4, -0.2) is 30.6 Å². The van der Waals surface area contributed by atoms with Crippen LogP contribution in [0.25, 0.3) is 15.9 Å². The molecule has 0 aliphatic carbocycles. The zero-order valence-corrected chi connectivity index (χ0v) is 14.4. The van der Waals surface area contributed by atoms with E-state index in [1.165, 1.54) is 4.70 Å². The number of aromatic nitrogens is 4. The Morgan fingerprint density at radius 3 is 2.92 bits per heavy atom. The van der Waals surface area contributed by atoms with E-state index >= 15 is 0 Å². The normalized spacial score (nSPS) is 18.5. The summed E-state index contributed by atoms with van der Waals surface area (Å²) in [5.41, 5.74) is 1.65. The molecule has 25 heavy (non-hydrogen) atoms. The van der Waals surface area contributed by atoms with E-state index in [9.17, 15) is 4.79 Å². The van der Waals surface area contributed by atoms with Gasteiger partial charge in [-0.25, -0.2) is 9.78 Å². The Kier molecular flexibility index (Phi) is 3.43. The van der Waals surface area contributed by atoms with Crippen LogP contribution < -0.4 is 5.69 Å². The van der Waals surface area contributed by atoms with Crippen molar-refractivity contribution in [1.29, 1.82) is 0 Å². The van der Waals surface area contributed by atoms with Gasteiger partial charge in [0.2, 0.25) is 0 Å². The van der Waals surface area contributed by atoms with Gasteiger partial charge in [-0.15, -0.1) is 16.4 Å². The molecule has 1 aliphatic heterocycles. The molecule has 0 radical (unpaired) electrons. The van der Waals surface area contributed by atoms with Crippen molar-refractivity contribution in [2.75, 3.05) is 6.54 Å². The smallest absolute Gasteiger partial charge is 0.275 e. The molecule has 1 atom stereocenters. The molecular formula is C18H17N5OS. The first-order valence-electron chi connectivity index (χ1n) is 8.43. The van der Waals surface area contributed by atoms with Gasteiger partial charge >= 0.3 is 5.69 Å². The number of thiazole rings is 1. The summed E-state index contributed by atoms with van der Waals surface area (Å²) in [7, 11) is 0. The Morgan fingerprint density at radius 1 is 1.16 bits per heavy atom. The summed E-state index contributed by atoms with van der Waals surface area (Å²) in [4.78, 5) is 19.7. The van der Waals surface area contributed by atoms with Crippen molar-refractivity contribution in [2.24, 2.45) is 0 Å². The molecular weight excluding hydrogens is 334 g/mol. The van der Waals surface area contributed by atoms with E-state index in [1.807, 2.05) is 30.3 Å². The minimum atomic E-state index is -0.0921. The molecule has 126 valence electrons. The summed E-state index contributed by atoms with van der Waals surface area (Å²) < 4.78 is 4.36. The predicted molar refractivity (Wildman–Crippen MR) is 97.8 cm³/mol. The maximum absolute atomic E-state index is 12.5. The van der Waals surface area contributed by atoms with E-state index in [4.69, 9.17) is 4.98 Å². The summed E-state index contributed by atoms with van der Waals surface area (Å²) in [5, 5.41) is 5.59. The molecule has 1 fully saturated rings. The molecule has 0 amide bonds. The zero-order chi connectivity index (χ0) is 16.8. The average molecular weight is 351 g/mol. The van der Waals surface area contributed by atoms with E-state index in [1.54, 1.807) is 26.6 Å². The maximum atomic E-state index is 12.5. The average Bonchev–Trinajstić information content (AvgIpc) is 3.33. The van der Waals surface area contributed by atoms with Crippen LogP contribution in [0, 0.1) is 0 Å². The van der Waals surface area contributed by atoms with E-state index in [2.05, 4.69) is 22.1 Å². The van der Waals surface area contributed by atoms with E-state index in [0.29, 0.717) is 12.3 Å². The van der Waals surface area contributed by atoms with Gasteiger partial charge in [0.05, 0.1) is 22.9 Å². The minimum Gasteiger partial charge on any atom is -0.275 e. The van der Waals surface area contributed by atoms with Crippen LogP contribution in [-0.2, 0) is 6.67 Å². The van der Waals surface area contributed by atoms with Crippen LogP contribution >= 0.6 is 11.3 Å². The number of hydrogen-bond donors (Lipinski definition) is 0. The van der Waals surface area contributed by atoms with Gasteiger partial charge in [-0.05, 0) is 37.1 Å². The topological polar surface area (TPSA) is 55.4 Å². The summed E-state index contributed by atoms with van der Waals surface area (Å²) in [6, 6.07) is 14.1. The summed E-state index contributed by atoms with van der Waals surface area (Å²) in [6.07, 6.45) is 3.95. The molecule has 0 bridgehead atoms. The molecule has 0 saturated carbocycles. The second-order valence-corrected chi connectivity index (χ2v) is 7.40. The number of likely N-dealkylation sites (tertiary alicyclic amines) is 1. The van der Waals surface area contributed by atoms with Crippen molar-refractivity contribution >= 4 is 27.2 Å². The highest BCUT2D eigenvalue weighted by atomic mass is 32.1. The van der Waals surface area contributed by atoms with Crippen molar-refractivity contribution in [3.63, 3.8) is 0 Å². The van der Waals surface area contributed by atoms with Crippen LogP contribution in [0.1, 0.15) is 23.9 Å². The third kappa shape index (κ3) is 2.47. The second kappa shape index (κ2) is 5.79. The van der Waals surface area contributed by atoms with Crippen molar-refractivity contribution in [1.82, 2.24) is 24.1 Å². The maximum Gasteiger partial charge on any atom is 0.351 e. The highest BCUT2D eigenvalue weighted by molar-refractivity contribution is 7.18. The predicted octanol–water partition coefficient (Wildman–Crippen LogP) is 2.90. The number of pyridine rings is 1. The molecule has 1 aromatic carbocycles. The third-order valence-electron chi connectivity index (χ3n) is 4.76. The van der Waals surface area contributed by atoms with Crippen molar-refractivity contribution in [3.05, 3.63) is 64.2 Å². The number of fused-ring (bicyclic) bond motifs is 2. The van der Waals surface area contributed by atoms with Crippen molar-refractivity contribution in [2.45, 2.75) is 25.6 Å². The van der Waals surface area contributed by atoms with Crippen LogP contribution in [0.3, 0.4) is 0 Å². The van der Waals surface area contributed by atoms with Gasteiger partial charge in [-0.2, -0.15) is 4.68 Å². The second-order valence-electron chi connectivity index (χ2n) is 6.34. The van der Waals surface area contributed by atoms with Gasteiger partial charge in [0, 0.05) is 12.7 Å². The molecule has 1 unspecified atom stereocenters. The number of benzene rings is 1. The van der Waals surface area contributed by atoms with Crippen LogP contribution in [0.4, 0.5) is 0 Å². The number of hydrogen-bond acceptors (Lipinski definition) is 5. The molecule has 5 rings (SSSR count).